The van der Waals surface area contributed by atoms with E-state index in [9.17, 15) is 14.7 Å². The van der Waals surface area contributed by atoms with Crippen molar-refractivity contribution in [2.75, 3.05) is 6.61 Å². The van der Waals surface area contributed by atoms with Crippen molar-refractivity contribution in [1.29, 1.82) is 0 Å². The Hall–Kier alpha value is -2.84. The van der Waals surface area contributed by atoms with E-state index in [4.69, 9.17) is 21.1 Å². The molecule has 0 unspecified atom stereocenters. The number of carboxylic acids is 1. The van der Waals surface area contributed by atoms with Gasteiger partial charge in [-0.15, -0.1) is 11.3 Å². The Morgan fingerprint density at radius 2 is 2.21 bits per heavy atom. The van der Waals surface area contributed by atoms with Gasteiger partial charge in [0.2, 0.25) is 6.23 Å². The summed E-state index contributed by atoms with van der Waals surface area (Å²) in [5, 5.41) is 11.6. The molecule has 0 radical (unpaired) electrons. The lowest BCUT2D eigenvalue weighted by molar-refractivity contribution is 0.0693. The number of benzene rings is 1. The van der Waals surface area contributed by atoms with Crippen molar-refractivity contribution in [3.63, 3.8) is 0 Å². The van der Waals surface area contributed by atoms with E-state index in [-0.39, 0.29) is 5.56 Å². The van der Waals surface area contributed by atoms with Crippen LogP contribution in [0, 0.1) is 5.92 Å². The zero-order valence-electron chi connectivity index (χ0n) is 15.0. The Balaban J connectivity index is 1.66. The smallest absolute Gasteiger partial charge is 0.341 e. The van der Waals surface area contributed by atoms with Crippen LogP contribution in [-0.4, -0.2) is 27.2 Å². The number of halogens is 1. The number of nitrogens with zero attached hydrogens (tertiary/aromatic N) is 2. The molecule has 148 valence electrons. The van der Waals surface area contributed by atoms with Gasteiger partial charge in [0.15, 0.2) is 5.43 Å². The summed E-state index contributed by atoms with van der Waals surface area (Å²) in [7, 11) is 0. The first-order chi connectivity index (χ1) is 14.0. The standard InChI is InChI=1S/C20H15ClN2O5S/c21-13-3-11-15-4-16(24)12(20(25)26)6-23(15)19(14-8-29-9-22-14)28-17(11)5-18(13)27-7-10-1-2-10/h3-6,8-10,19H,1-2,7H2,(H,25,26)/t19-/m1/s1. The third-order valence-electron chi connectivity index (χ3n) is 4.99. The van der Waals surface area contributed by atoms with Gasteiger partial charge in [-0.2, -0.15) is 0 Å². The number of carboxylic acid groups (broad SMARTS) is 1. The highest BCUT2D eigenvalue weighted by molar-refractivity contribution is 7.07. The van der Waals surface area contributed by atoms with Crippen molar-refractivity contribution in [3.8, 4) is 22.8 Å². The summed E-state index contributed by atoms with van der Waals surface area (Å²) >= 11 is 7.81. The molecular weight excluding hydrogens is 416 g/mol. The molecule has 3 aromatic rings. The van der Waals surface area contributed by atoms with Gasteiger partial charge < -0.3 is 19.1 Å². The number of fused-ring (bicyclic) bond motifs is 3. The Labute approximate surface area is 174 Å². The van der Waals surface area contributed by atoms with Crippen molar-refractivity contribution in [3.05, 3.63) is 61.8 Å². The molecule has 1 fully saturated rings. The summed E-state index contributed by atoms with van der Waals surface area (Å²) in [6.45, 7) is 0.603. The summed E-state index contributed by atoms with van der Waals surface area (Å²) in [6.07, 6.45) is 2.90. The minimum absolute atomic E-state index is 0.337. The average molecular weight is 431 g/mol. The lowest BCUT2D eigenvalue weighted by atomic mass is 10.1. The number of hydrogen-bond donors (Lipinski definition) is 1. The molecule has 29 heavy (non-hydrogen) atoms. The van der Waals surface area contributed by atoms with Gasteiger partial charge in [0.25, 0.3) is 0 Å². The Kier molecular flexibility index (Phi) is 4.33. The monoisotopic (exact) mass is 430 g/mol. The van der Waals surface area contributed by atoms with Crippen molar-refractivity contribution >= 4 is 28.9 Å². The van der Waals surface area contributed by atoms with Crippen molar-refractivity contribution < 1.29 is 19.4 Å². The van der Waals surface area contributed by atoms with Crippen LogP contribution in [0.2, 0.25) is 5.02 Å². The number of hydrogen-bond acceptors (Lipinski definition) is 6. The predicted octanol–water partition coefficient (Wildman–Crippen LogP) is 4.05. The molecule has 1 aliphatic carbocycles. The highest BCUT2D eigenvalue weighted by Crippen LogP contribution is 2.45. The molecule has 0 bridgehead atoms. The number of aromatic carboxylic acids is 1. The Bertz CT molecular complexity index is 1170. The van der Waals surface area contributed by atoms with Gasteiger partial charge >= 0.3 is 5.97 Å². The minimum Gasteiger partial charge on any atom is -0.492 e. The second-order valence-corrected chi connectivity index (χ2v) is 8.19. The lowest BCUT2D eigenvalue weighted by Crippen LogP contribution is -2.28. The third-order valence-corrected chi connectivity index (χ3v) is 5.89. The molecule has 7 nitrogen and oxygen atoms in total. The molecule has 1 N–H and O–H groups in total. The summed E-state index contributed by atoms with van der Waals surface area (Å²) in [6, 6.07) is 4.70. The second-order valence-electron chi connectivity index (χ2n) is 7.07. The highest BCUT2D eigenvalue weighted by Gasteiger charge is 2.31. The maximum Gasteiger partial charge on any atom is 0.341 e. The molecule has 0 spiro atoms. The normalized spacial score (nSPS) is 17.2. The molecule has 0 saturated heterocycles. The first-order valence-corrected chi connectivity index (χ1v) is 10.3. The van der Waals surface area contributed by atoms with E-state index in [0.29, 0.717) is 46.0 Å². The van der Waals surface area contributed by atoms with Crippen molar-refractivity contribution in [1.82, 2.24) is 9.55 Å². The van der Waals surface area contributed by atoms with E-state index in [2.05, 4.69) is 4.98 Å². The summed E-state index contributed by atoms with van der Waals surface area (Å²) < 4.78 is 13.6. The minimum atomic E-state index is -1.30. The number of rotatable bonds is 5. The molecule has 1 atom stereocenters. The van der Waals surface area contributed by atoms with E-state index >= 15 is 0 Å². The number of pyridine rings is 1. The Morgan fingerprint density at radius 1 is 1.38 bits per heavy atom. The van der Waals surface area contributed by atoms with Crippen LogP contribution in [0.25, 0.3) is 11.3 Å². The number of ether oxygens (including phenoxy) is 2. The molecule has 3 heterocycles. The SMILES string of the molecule is O=C(O)c1cn2c(cc1=O)-c1cc(Cl)c(OCC3CC3)cc1O[C@@H]2c1cscn1. The van der Waals surface area contributed by atoms with Crippen LogP contribution in [-0.2, 0) is 0 Å². The molecule has 0 amide bonds. The fourth-order valence-electron chi connectivity index (χ4n) is 3.28. The van der Waals surface area contributed by atoms with Gasteiger partial charge in [0.05, 0.1) is 22.8 Å². The maximum absolute atomic E-state index is 12.4. The van der Waals surface area contributed by atoms with Gasteiger partial charge in [0, 0.05) is 29.3 Å². The number of carbonyl (C=O) groups is 1. The maximum atomic E-state index is 12.4. The van der Waals surface area contributed by atoms with Gasteiger partial charge in [-0.1, -0.05) is 11.6 Å². The van der Waals surface area contributed by atoms with E-state index < -0.39 is 17.6 Å². The molecule has 1 aromatic carbocycles. The molecule has 2 aromatic heterocycles. The zero-order valence-corrected chi connectivity index (χ0v) is 16.6. The van der Waals surface area contributed by atoms with Crippen LogP contribution in [0.3, 0.4) is 0 Å². The summed E-state index contributed by atoms with van der Waals surface area (Å²) in [5.41, 5.74) is 2.46. The van der Waals surface area contributed by atoms with Crippen LogP contribution in [0.1, 0.15) is 35.1 Å². The van der Waals surface area contributed by atoms with Gasteiger partial charge in [-0.3, -0.25) is 4.79 Å². The molecule has 1 aliphatic heterocycles. The zero-order chi connectivity index (χ0) is 20.1. The van der Waals surface area contributed by atoms with E-state index in [0.717, 1.165) is 12.8 Å². The van der Waals surface area contributed by atoms with Gasteiger partial charge in [-0.05, 0) is 24.8 Å². The van der Waals surface area contributed by atoms with E-state index in [1.807, 2.05) is 5.38 Å². The van der Waals surface area contributed by atoms with Gasteiger partial charge in [0.1, 0.15) is 22.8 Å². The van der Waals surface area contributed by atoms with Crippen LogP contribution in [0.4, 0.5) is 0 Å². The molecule has 9 heteroatoms. The van der Waals surface area contributed by atoms with Crippen molar-refractivity contribution in [2.45, 2.75) is 19.1 Å². The van der Waals surface area contributed by atoms with Crippen LogP contribution >= 0.6 is 22.9 Å². The van der Waals surface area contributed by atoms with Crippen LogP contribution in [0.5, 0.6) is 11.5 Å². The summed E-state index contributed by atoms with van der Waals surface area (Å²) in [4.78, 5) is 28.1. The Morgan fingerprint density at radius 3 is 2.90 bits per heavy atom. The predicted molar refractivity (Wildman–Crippen MR) is 107 cm³/mol. The number of aromatic nitrogens is 2. The van der Waals surface area contributed by atoms with E-state index in [1.165, 1.54) is 23.6 Å². The number of thiazole rings is 1. The molecule has 2 aliphatic rings. The quantitative estimate of drug-likeness (QED) is 0.656. The molecule has 5 rings (SSSR count). The van der Waals surface area contributed by atoms with Crippen LogP contribution < -0.4 is 14.9 Å². The van der Waals surface area contributed by atoms with E-state index in [1.54, 1.807) is 22.2 Å². The average Bonchev–Trinajstić information content (AvgIpc) is 3.36. The second kappa shape index (κ2) is 6.89. The molecular formula is C20H15ClN2O5S. The fraction of sp³-hybridized carbons (Fsp3) is 0.250. The van der Waals surface area contributed by atoms with Crippen molar-refractivity contribution in [2.24, 2.45) is 5.92 Å². The first-order valence-electron chi connectivity index (χ1n) is 9.02. The first kappa shape index (κ1) is 18.2. The third kappa shape index (κ3) is 3.28. The lowest BCUT2D eigenvalue weighted by Gasteiger charge is -2.31. The largest absolute Gasteiger partial charge is 0.492 e. The highest BCUT2D eigenvalue weighted by atomic mass is 35.5. The molecule has 1 saturated carbocycles. The van der Waals surface area contributed by atoms with Gasteiger partial charge in [-0.25, -0.2) is 9.78 Å². The van der Waals surface area contributed by atoms with Crippen LogP contribution in [0.15, 0.2) is 40.1 Å². The fourth-order valence-corrected chi connectivity index (χ4v) is 4.06. The topological polar surface area (TPSA) is 90.7 Å². The summed E-state index contributed by atoms with van der Waals surface area (Å²) in [5.74, 6) is 0.294.